The highest BCUT2D eigenvalue weighted by molar-refractivity contribution is 9.13. The van der Waals surface area contributed by atoms with Gasteiger partial charge < -0.3 is 9.13 Å². The molecular formula is C18H18Br2N4. The molecule has 0 aliphatic carbocycles. The molecule has 2 aromatic heterocycles. The number of aryl methyl sites for hydroxylation is 1. The normalized spacial score (nSPS) is 11.1. The Balaban J connectivity index is 2.20. The Morgan fingerprint density at radius 2 is 1.54 bits per heavy atom. The lowest BCUT2D eigenvalue weighted by atomic mass is 10.3. The van der Waals surface area contributed by atoms with Gasteiger partial charge in [-0.2, -0.15) is 0 Å². The SMILES string of the molecule is C=CCCn1c(-c2nc3ccccc3n2CCC=C)nc(Br)c1Br. The lowest BCUT2D eigenvalue weighted by Crippen LogP contribution is -2.06. The van der Waals surface area contributed by atoms with Crippen LogP contribution < -0.4 is 0 Å². The molecule has 0 radical (unpaired) electrons. The van der Waals surface area contributed by atoms with Crippen molar-refractivity contribution in [3.8, 4) is 11.6 Å². The predicted octanol–water partition coefficient (Wildman–Crippen LogP) is 5.58. The van der Waals surface area contributed by atoms with Crippen LogP contribution in [-0.4, -0.2) is 19.1 Å². The molecule has 6 heteroatoms. The van der Waals surface area contributed by atoms with Crippen LogP contribution in [0.4, 0.5) is 0 Å². The fourth-order valence-electron chi connectivity index (χ4n) is 2.69. The third kappa shape index (κ3) is 3.13. The van der Waals surface area contributed by atoms with Crippen LogP contribution in [0.25, 0.3) is 22.7 Å². The first-order valence-corrected chi connectivity index (χ1v) is 9.35. The number of hydrogen-bond acceptors (Lipinski definition) is 2. The third-order valence-electron chi connectivity index (χ3n) is 3.84. The first kappa shape index (κ1) is 17.2. The molecule has 0 atom stereocenters. The molecule has 24 heavy (non-hydrogen) atoms. The molecule has 0 fully saturated rings. The maximum absolute atomic E-state index is 4.84. The van der Waals surface area contributed by atoms with Crippen LogP contribution in [-0.2, 0) is 13.1 Å². The maximum Gasteiger partial charge on any atom is 0.178 e. The topological polar surface area (TPSA) is 35.6 Å². The van der Waals surface area contributed by atoms with E-state index in [0.717, 1.165) is 57.8 Å². The van der Waals surface area contributed by atoms with Gasteiger partial charge in [-0.1, -0.05) is 24.3 Å². The van der Waals surface area contributed by atoms with E-state index in [0.29, 0.717) is 0 Å². The number of aromatic nitrogens is 4. The lowest BCUT2D eigenvalue weighted by molar-refractivity contribution is 0.682. The van der Waals surface area contributed by atoms with Gasteiger partial charge in [0.05, 0.1) is 11.0 Å². The number of nitrogens with zero attached hydrogens (tertiary/aromatic N) is 4. The van der Waals surface area contributed by atoms with Crippen molar-refractivity contribution in [3.63, 3.8) is 0 Å². The molecule has 1 aromatic carbocycles. The number of imidazole rings is 2. The second-order valence-electron chi connectivity index (χ2n) is 5.40. The monoisotopic (exact) mass is 448 g/mol. The highest BCUT2D eigenvalue weighted by atomic mass is 79.9. The van der Waals surface area contributed by atoms with E-state index in [9.17, 15) is 0 Å². The van der Waals surface area contributed by atoms with Crippen molar-refractivity contribution in [2.45, 2.75) is 25.9 Å². The van der Waals surface area contributed by atoms with Crippen molar-refractivity contribution in [1.82, 2.24) is 19.1 Å². The van der Waals surface area contributed by atoms with Crippen molar-refractivity contribution in [1.29, 1.82) is 0 Å². The van der Waals surface area contributed by atoms with Gasteiger partial charge >= 0.3 is 0 Å². The molecule has 0 spiro atoms. The molecule has 0 amide bonds. The fourth-order valence-corrected chi connectivity index (χ4v) is 3.51. The molecule has 4 nitrogen and oxygen atoms in total. The van der Waals surface area contributed by atoms with Gasteiger partial charge in [-0.15, -0.1) is 13.2 Å². The van der Waals surface area contributed by atoms with Crippen LogP contribution in [0.15, 0.2) is 58.8 Å². The van der Waals surface area contributed by atoms with Gasteiger partial charge in [0.1, 0.15) is 9.21 Å². The highest BCUT2D eigenvalue weighted by Crippen LogP contribution is 2.31. The average molecular weight is 450 g/mol. The minimum atomic E-state index is 0.781. The van der Waals surface area contributed by atoms with Crippen LogP contribution in [0, 0.1) is 0 Å². The summed E-state index contributed by atoms with van der Waals surface area (Å²) >= 11 is 7.14. The summed E-state index contributed by atoms with van der Waals surface area (Å²) in [4.78, 5) is 9.52. The molecule has 2 heterocycles. The van der Waals surface area contributed by atoms with Crippen LogP contribution in [0.1, 0.15) is 12.8 Å². The Kier molecular flexibility index (Phi) is 5.36. The smallest absolute Gasteiger partial charge is 0.178 e. The summed E-state index contributed by atoms with van der Waals surface area (Å²) in [7, 11) is 0. The third-order valence-corrected chi connectivity index (χ3v) is 5.72. The maximum atomic E-state index is 4.84. The zero-order valence-corrected chi connectivity index (χ0v) is 16.4. The van der Waals surface area contributed by atoms with Crippen molar-refractivity contribution < 1.29 is 0 Å². The summed E-state index contributed by atoms with van der Waals surface area (Å²) in [5.41, 5.74) is 2.09. The summed E-state index contributed by atoms with van der Waals surface area (Å²) in [5.74, 6) is 1.71. The van der Waals surface area contributed by atoms with Crippen molar-refractivity contribution in [3.05, 3.63) is 58.8 Å². The van der Waals surface area contributed by atoms with Crippen LogP contribution in [0.3, 0.4) is 0 Å². The Hall–Kier alpha value is -1.66. The lowest BCUT2D eigenvalue weighted by Gasteiger charge is -2.10. The number of allylic oxidation sites excluding steroid dienone is 2. The molecule has 0 unspecified atom stereocenters. The summed E-state index contributed by atoms with van der Waals surface area (Å²) < 4.78 is 6.03. The first-order chi connectivity index (χ1) is 11.7. The Morgan fingerprint density at radius 1 is 0.917 bits per heavy atom. The van der Waals surface area contributed by atoms with Gasteiger partial charge in [0, 0.05) is 13.1 Å². The van der Waals surface area contributed by atoms with Crippen molar-refractivity contribution in [2.24, 2.45) is 0 Å². The van der Waals surface area contributed by atoms with Gasteiger partial charge in [0.15, 0.2) is 11.6 Å². The second kappa shape index (κ2) is 7.49. The van der Waals surface area contributed by atoms with E-state index in [4.69, 9.17) is 4.98 Å². The molecule has 3 aromatic rings. The molecule has 124 valence electrons. The van der Waals surface area contributed by atoms with Gasteiger partial charge in [0.2, 0.25) is 0 Å². The number of benzene rings is 1. The molecule has 0 saturated carbocycles. The Labute approximate surface area is 158 Å². The quantitative estimate of drug-likeness (QED) is 0.441. The Morgan fingerprint density at radius 3 is 2.25 bits per heavy atom. The van der Waals surface area contributed by atoms with Gasteiger partial charge in [0.25, 0.3) is 0 Å². The van der Waals surface area contributed by atoms with E-state index in [1.807, 2.05) is 30.4 Å². The fraction of sp³-hybridized carbons (Fsp3) is 0.222. The van der Waals surface area contributed by atoms with E-state index < -0.39 is 0 Å². The van der Waals surface area contributed by atoms with E-state index >= 15 is 0 Å². The van der Waals surface area contributed by atoms with Crippen molar-refractivity contribution in [2.75, 3.05) is 0 Å². The molecule has 0 N–H and O–H groups in total. The Bertz CT molecular complexity index is 892. The van der Waals surface area contributed by atoms with E-state index in [1.54, 1.807) is 0 Å². The van der Waals surface area contributed by atoms with Crippen LogP contribution in [0.5, 0.6) is 0 Å². The van der Waals surface area contributed by atoms with Gasteiger partial charge in [-0.3, -0.25) is 0 Å². The minimum absolute atomic E-state index is 0.781. The predicted molar refractivity (Wildman–Crippen MR) is 106 cm³/mol. The van der Waals surface area contributed by atoms with E-state index in [-0.39, 0.29) is 0 Å². The number of para-hydroxylation sites is 2. The number of hydrogen-bond donors (Lipinski definition) is 0. The van der Waals surface area contributed by atoms with E-state index in [1.165, 1.54) is 0 Å². The van der Waals surface area contributed by atoms with Crippen molar-refractivity contribution >= 4 is 42.9 Å². The summed E-state index contributed by atoms with van der Waals surface area (Å²) in [6.07, 6.45) is 5.57. The van der Waals surface area contributed by atoms with Gasteiger partial charge in [-0.25, -0.2) is 9.97 Å². The summed E-state index contributed by atoms with van der Waals surface area (Å²) in [6, 6.07) is 8.17. The second-order valence-corrected chi connectivity index (χ2v) is 6.90. The average Bonchev–Trinajstić information content (AvgIpc) is 3.09. The zero-order valence-electron chi connectivity index (χ0n) is 13.3. The van der Waals surface area contributed by atoms with Crippen LogP contribution >= 0.6 is 31.9 Å². The van der Waals surface area contributed by atoms with Gasteiger partial charge in [-0.05, 0) is 56.8 Å². The zero-order chi connectivity index (χ0) is 17.1. The number of fused-ring (bicyclic) bond motifs is 1. The first-order valence-electron chi connectivity index (χ1n) is 7.76. The molecular weight excluding hydrogens is 432 g/mol. The molecule has 0 bridgehead atoms. The number of rotatable bonds is 7. The molecule has 0 aliphatic heterocycles. The minimum Gasteiger partial charge on any atom is -0.321 e. The molecule has 0 aliphatic rings. The highest BCUT2D eigenvalue weighted by Gasteiger charge is 2.20. The molecule has 3 rings (SSSR count). The summed E-state index contributed by atoms with van der Waals surface area (Å²) in [5, 5.41) is 0. The standard InChI is InChI=1S/C18H18Br2N4/c1-3-5-11-23-14-10-8-7-9-13(14)21-17(23)18-22-15(19)16(20)24(18)12-6-4-2/h3-4,7-10H,1-2,5-6,11-12H2. The molecule has 0 saturated heterocycles. The summed E-state index contributed by atoms with van der Waals surface area (Å²) in [6.45, 7) is 9.27. The largest absolute Gasteiger partial charge is 0.321 e. The number of halogens is 2. The van der Waals surface area contributed by atoms with Crippen LogP contribution in [0.2, 0.25) is 0 Å². The van der Waals surface area contributed by atoms with E-state index in [2.05, 4.69) is 65.2 Å².